The SMILES string of the molecule is CCCCC1(OC(C)=O)CCC2CCC(c3ccccc3)CC2N1. The highest BCUT2D eigenvalue weighted by molar-refractivity contribution is 5.66. The van der Waals surface area contributed by atoms with E-state index in [9.17, 15) is 4.79 Å². The minimum atomic E-state index is -0.429. The standard InChI is InChI=1S/C21H31NO2/c1-3-4-13-21(24-16(2)23)14-12-18-10-11-19(15-20(18)22-21)17-8-6-5-7-9-17/h5-9,18-20,22H,3-4,10-15H2,1-2H3. The maximum Gasteiger partial charge on any atom is 0.304 e. The zero-order valence-corrected chi connectivity index (χ0v) is 15.1. The Morgan fingerprint density at radius 1 is 1.25 bits per heavy atom. The highest BCUT2D eigenvalue weighted by Gasteiger charge is 2.44. The molecule has 132 valence electrons. The number of unbranched alkanes of at least 4 members (excludes halogenated alkanes) is 1. The predicted octanol–water partition coefficient (Wildman–Crippen LogP) is 4.77. The van der Waals surface area contributed by atoms with Gasteiger partial charge < -0.3 is 4.74 Å². The summed E-state index contributed by atoms with van der Waals surface area (Å²) in [5.74, 6) is 1.20. The molecule has 2 aliphatic rings. The van der Waals surface area contributed by atoms with Crippen molar-refractivity contribution < 1.29 is 9.53 Å². The van der Waals surface area contributed by atoms with Gasteiger partial charge in [0.2, 0.25) is 0 Å². The number of benzene rings is 1. The first-order valence-electron chi connectivity index (χ1n) is 9.64. The average molecular weight is 329 g/mol. The van der Waals surface area contributed by atoms with E-state index in [1.165, 1.54) is 31.7 Å². The summed E-state index contributed by atoms with van der Waals surface area (Å²) in [6.45, 7) is 3.73. The summed E-state index contributed by atoms with van der Waals surface area (Å²) in [7, 11) is 0. The lowest BCUT2D eigenvalue weighted by molar-refractivity contribution is -0.170. The molecule has 0 bridgehead atoms. The summed E-state index contributed by atoms with van der Waals surface area (Å²) in [6, 6.07) is 11.3. The van der Waals surface area contributed by atoms with E-state index in [0.717, 1.165) is 38.0 Å². The Morgan fingerprint density at radius 3 is 2.75 bits per heavy atom. The van der Waals surface area contributed by atoms with Crippen LogP contribution in [0.5, 0.6) is 0 Å². The van der Waals surface area contributed by atoms with Crippen molar-refractivity contribution in [1.82, 2.24) is 5.32 Å². The molecule has 1 N–H and O–H groups in total. The molecule has 0 amide bonds. The number of piperidine rings is 1. The molecule has 1 aliphatic carbocycles. The van der Waals surface area contributed by atoms with Gasteiger partial charge in [0.15, 0.2) is 5.72 Å². The fraction of sp³-hybridized carbons (Fsp3) is 0.667. The third-order valence-corrected chi connectivity index (χ3v) is 5.91. The number of fused-ring (bicyclic) bond motifs is 1. The van der Waals surface area contributed by atoms with Crippen LogP contribution in [-0.2, 0) is 9.53 Å². The second-order valence-electron chi connectivity index (χ2n) is 7.66. The smallest absolute Gasteiger partial charge is 0.304 e. The summed E-state index contributed by atoms with van der Waals surface area (Å²) in [5, 5.41) is 3.79. The fourth-order valence-corrected chi connectivity index (χ4v) is 4.68. The minimum Gasteiger partial charge on any atom is -0.444 e. The second-order valence-corrected chi connectivity index (χ2v) is 7.66. The van der Waals surface area contributed by atoms with Crippen molar-refractivity contribution in [3.05, 3.63) is 35.9 Å². The van der Waals surface area contributed by atoms with Crippen LogP contribution in [0.4, 0.5) is 0 Å². The van der Waals surface area contributed by atoms with Crippen LogP contribution in [0.25, 0.3) is 0 Å². The summed E-state index contributed by atoms with van der Waals surface area (Å²) in [5.41, 5.74) is 1.02. The summed E-state index contributed by atoms with van der Waals surface area (Å²) in [6.07, 6.45) is 9.01. The molecular weight excluding hydrogens is 298 g/mol. The largest absolute Gasteiger partial charge is 0.444 e. The quantitative estimate of drug-likeness (QED) is 0.791. The fourth-order valence-electron chi connectivity index (χ4n) is 4.68. The van der Waals surface area contributed by atoms with Crippen molar-refractivity contribution in [2.75, 3.05) is 0 Å². The minimum absolute atomic E-state index is 0.160. The van der Waals surface area contributed by atoms with Crippen LogP contribution >= 0.6 is 0 Å². The summed E-state index contributed by atoms with van der Waals surface area (Å²) < 4.78 is 5.82. The van der Waals surface area contributed by atoms with Gasteiger partial charge in [-0.2, -0.15) is 0 Å². The first-order chi connectivity index (χ1) is 11.6. The average Bonchev–Trinajstić information content (AvgIpc) is 2.59. The van der Waals surface area contributed by atoms with E-state index in [1.54, 1.807) is 0 Å². The molecule has 1 aromatic rings. The number of nitrogens with one attached hydrogen (secondary N) is 1. The summed E-state index contributed by atoms with van der Waals surface area (Å²) >= 11 is 0. The van der Waals surface area contributed by atoms with Crippen molar-refractivity contribution in [2.24, 2.45) is 5.92 Å². The van der Waals surface area contributed by atoms with Gasteiger partial charge >= 0.3 is 5.97 Å². The van der Waals surface area contributed by atoms with Crippen LogP contribution < -0.4 is 5.32 Å². The Hall–Kier alpha value is -1.35. The van der Waals surface area contributed by atoms with Crippen LogP contribution in [-0.4, -0.2) is 17.7 Å². The Labute approximate surface area is 146 Å². The van der Waals surface area contributed by atoms with Crippen molar-refractivity contribution in [2.45, 2.75) is 82.9 Å². The number of carbonyl (C=O) groups excluding carboxylic acids is 1. The van der Waals surface area contributed by atoms with Crippen LogP contribution in [0.2, 0.25) is 0 Å². The van der Waals surface area contributed by atoms with Crippen molar-refractivity contribution in [3.63, 3.8) is 0 Å². The molecule has 1 saturated heterocycles. The number of ether oxygens (including phenoxy) is 1. The highest BCUT2D eigenvalue weighted by atomic mass is 16.6. The molecule has 1 aromatic carbocycles. The number of carbonyl (C=O) groups is 1. The maximum absolute atomic E-state index is 11.7. The second kappa shape index (κ2) is 7.69. The molecule has 1 saturated carbocycles. The van der Waals surface area contributed by atoms with Crippen LogP contribution in [0.15, 0.2) is 30.3 Å². The van der Waals surface area contributed by atoms with Gasteiger partial charge in [-0.3, -0.25) is 10.1 Å². The first-order valence-corrected chi connectivity index (χ1v) is 9.64. The third-order valence-electron chi connectivity index (χ3n) is 5.91. The Bertz CT molecular complexity index is 544. The number of esters is 1. The zero-order valence-electron chi connectivity index (χ0n) is 15.1. The molecule has 3 rings (SSSR count). The Balaban J connectivity index is 1.71. The normalized spacial score (nSPS) is 32.8. The lowest BCUT2D eigenvalue weighted by Crippen LogP contribution is -2.60. The van der Waals surface area contributed by atoms with Crippen molar-refractivity contribution in [1.29, 1.82) is 0 Å². The van der Waals surface area contributed by atoms with Gasteiger partial charge in [0, 0.05) is 25.8 Å². The van der Waals surface area contributed by atoms with Gasteiger partial charge in [0.05, 0.1) is 0 Å². The topological polar surface area (TPSA) is 38.3 Å². The highest BCUT2D eigenvalue weighted by Crippen LogP contribution is 2.43. The molecule has 0 radical (unpaired) electrons. The zero-order chi connectivity index (χ0) is 17.0. The molecule has 4 unspecified atom stereocenters. The lowest BCUT2D eigenvalue weighted by Gasteiger charge is -2.48. The van der Waals surface area contributed by atoms with Crippen molar-refractivity contribution >= 4 is 5.97 Å². The number of hydrogen-bond donors (Lipinski definition) is 1. The van der Waals surface area contributed by atoms with E-state index >= 15 is 0 Å². The molecule has 3 nitrogen and oxygen atoms in total. The molecule has 3 heteroatoms. The van der Waals surface area contributed by atoms with Crippen LogP contribution in [0.3, 0.4) is 0 Å². The first kappa shape index (κ1) is 17.5. The van der Waals surface area contributed by atoms with Gasteiger partial charge in [-0.1, -0.05) is 43.7 Å². The van der Waals surface area contributed by atoms with Crippen molar-refractivity contribution in [3.8, 4) is 0 Å². The third kappa shape index (κ3) is 4.00. The number of hydrogen-bond acceptors (Lipinski definition) is 3. The Morgan fingerprint density at radius 2 is 2.04 bits per heavy atom. The number of rotatable bonds is 5. The Kier molecular flexibility index (Phi) is 5.60. The molecule has 0 aromatic heterocycles. The van der Waals surface area contributed by atoms with E-state index in [-0.39, 0.29) is 5.97 Å². The lowest BCUT2D eigenvalue weighted by atomic mass is 9.70. The van der Waals surface area contributed by atoms with Gasteiger partial charge in [0.1, 0.15) is 0 Å². The molecule has 24 heavy (non-hydrogen) atoms. The molecule has 4 atom stereocenters. The predicted molar refractivity (Wildman–Crippen MR) is 96.7 cm³/mol. The van der Waals surface area contributed by atoms with E-state index in [4.69, 9.17) is 4.74 Å². The molecule has 1 heterocycles. The van der Waals surface area contributed by atoms with E-state index in [1.807, 2.05) is 0 Å². The van der Waals surface area contributed by atoms with Gasteiger partial charge in [0.25, 0.3) is 0 Å². The summed E-state index contributed by atoms with van der Waals surface area (Å²) in [4.78, 5) is 11.7. The van der Waals surface area contributed by atoms with Crippen LogP contribution in [0.1, 0.15) is 76.7 Å². The molecule has 2 fully saturated rings. The molecule has 1 aliphatic heterocycles. The maximum atomic E-state index is 11.7. The van der Waals surface area contributed by atoms with Gasteiger partial charge in [-0.15, -0.1) is 0 Å². The molecule has 0 spiro atoms. The monoisotopic (exact) mass is 329 g/mol. The van der Waals surface area contributed by atoms with Crippen LogP contribution in [0, 0.1) is 5.92 Å². The van der Waals surface area contributed by atoms with E-state index in [2.05, 4.69) is 42.6 Å². The van der Waals surface area contributed by atoms with Gasteiger partial charge in [-0.25, -0.2) is 0 Å². The molecular formula is C21H31NO2. The van der Waals surface area contributed by atoms with E-state index < -0.39 is 5.72 Å². The van der Waals surface area contributed by atoms with Gasteiger partial charge in [-0.05, 0) is 49.5 Å². The van der Waals surface area contributed by atoms with E-state index in [0.29, 0.717) is 12.0 Å².